The molecule has 0 aliphatic heterocycles. The Balaban J connectivity index is 1.44. The number of halogens is 1. The van der Waals surface area contributed by atoms with Gasteiger partial charge in [0.05, 0.1) is 17.0 Å². The van der Waals surface area contributed by atoms with Gasteiger partial charge in [0.25, 0.3) is 0 Å². The zero-order valence-electron chi connectivity index (χ0n) is 15.2. The van der Waals surface area contributed by atoms with E-state index in [0.29, 0.717) is 5.02 Å². The first-order valence-electron chi connectivity index (χ1n) is 8.84. The van der Waals surface area contributed by atoms with Gasteiger partial charge in [0.15, 0.2) is 0 Å². The second-order valence-electron chi connectivity index (χ2n) is 6.08. The number of thioether (sulfide) groups is 1. The van der Waals surface area contributed by atoms with Gasteiger partial charge in [0, 0.05) is 20.2 Å². The Hall–Kier alpha value is -2.54. The predicted octanol–water partition coefficient (Wildman–Crippen LogP) is 6.17. The van der Waals surface area contributed by atoms with Crippen LogP contribution in [-0.2, 0) is 4.79 Å². The Morgan fingerprint density at radius 3 is 2.55 bits per heavy atom. The van der Waals surface area contributed by atoms with Crippen LogP contribution in [-0.4, -0.2) is 21.6 Å². The van der Waals surface area contributed by atoms with Crippen LogP contribution in [0.1, 0.15) is 0 Å². The van der Waals surface area contributed by atoms with Gasteiger partial charge in [-0.1, -0.05) is 65.5 Å². The second kappa shape index (κ2) is 9.31. The predicted molar refractivity (Wildman–Crippen MR) is 121 cm³/mol. The molecule has 0 radical (unpaired) electrons. The maximum absolute atomic E-state index is 12.6. The van der Waals surface area contributed by atoms with E-state index in [-0.39, 0.29) is 11.7 Å². The van der Waals surface area contributed by atoms with E-state index in [1.165, 1.54) is 18.1 Å². The minimum Gasteiger partial charge on any atom is -0.324 e. The Morgan fingerprint density at radius 2 is 1.69 bits per heavy atom. The van der Waals surface area contributed by atoms with E-state index < -0.39 is 0 Å². The molecule has 0 unspecified atom stereocenters. The minimum atomic E-state index is -0.0816. The summed E-state index contributed by atoms with van der Waals surface area (Å²) in [7, 11) is 0. The number of para-hydroxylation sites is 2. The average molecular weight is 438 g/mol. The van der Waals surface area contributed by atoms with Crippen molar-refractivity contribution in [3.05, 3.63) is 84.1 Å². The summed E-state index contributed by atoms with van der Waals surface area (Å²) in [4.78, 5) is 23.2. The van der Waals surface area contributed by atoms with Crippen molar-refractivity contribution in [1.29, 1.82) is 0 Å². The number of nitrogens with zero attached hydrogens (tertiary/aromatic N) is 2. The third kappa shape index (κ3) is 5.09. The van der Waals surface area contributed by atoms with Gasteiger partial charge in [-0.2, -0.15) is 0 Å². The van der Waals surface area contributed by atoms with Crippen molar-refractivity contribution < 1.29 is 4.79 Å². The molecular formula is C22H16ClN3OS2. The molecule has 4 aromatic rings. The fourth-order valence-electron chi connectivity index (χ4n) is 2.70. The van der Waals surface area contributed by atoms with Gasteiger partial charge >= 0.3 is 0 Å². The number of benzene rings is 3. The largest absolute Gasteiger partial charge is 0.324 e. The molecule has 1 amide bonds. The molecule has 4 nitrogen and oxygen atoms in total. The molecule has 0 saturated heterocycles. The molecule has 0 aliphatic carbocycles. The number of hydrogen-bond donors (Lipinski definition) is 1. The summed E-state index contributed by atoms with van der Waals surface area (Å²) in [6.45, 7) is 0. The van der Waals surface area contributed by atoms with E-state index in [4.69, 9.17) is 11.6 Å². The molecule has 1 aromatic heterocycles. The number of carbonyl (C=O) groups excluding carboxylic acids is 1. The molecule has 0 aliphatic rings. The summed E-state index contributed by atoms with van der Waals surface area (Å²) >= 11 is 8.94. The third-order valence-electron chi connectivity index (χ3n) is 4.05. The Kier molecular flexibility index (Phi) is 6.34. The Bertz CT molecular complexity index is 1150. The van der Waals surface area contributed by atoms with Crippen molar-refractivity contribution in [2.45, 2.75) is 14.8 Å². The highest BCUT2D eigenvalue weighted by atomic mass is 35.5. The van der Waals surface area contributed by atoms with Gasteiger partial charge in [0.1, 0.15) is 11.4 Å². The minimum absolute atomic E-state index is 0.0816. The molecule has 0 atom stereocenters. The highest BCUT2D eigenvalue weighted by Crippen LogP contribution is 2.34. The van der Waals surface area contributed by atoms with Crippen molar-refractivity contribution in [3.63, 3.8) is 0 Å². The van der Waals surface area contributed by atoms with E-state index in [0.717, 1.165) is 31.4 Å². The van der Waals surface area contributed by atoms with Crippen LogP contribution in [0.25, 0.3) is 10.9 Å². The van der Waals surface area contributed by atoms with Gasteiger partial charge in [0.2, 0.25) is 5.91 Å². The number of nitrogens with one attached hydrogen (secondary N) is 1. The average Bonchev–Trinajstić information content (AvgIpc) is 2.75. The van der Waals surface area contributed by atoms with Crippen LogP contribution in [0.4, 0.5) is 5.69 Å². The fourth-order valence-corrected chi connectivity index (χ4v) is 4.52. The number of carbonyl (C=O) groups is 1. The summed E-state index contributed by atoms with van der Waals surface area (Å²) < 4.78 is 0. The molecule has 3 aromatic carbocycles. The normalized spacial score (nSPS) is 10.8. The van der Waals surface area contributed by atoms with Crippen molar-refractivity contribution in [1.82, 2.24) is 9.97 Å². The molecule has 0 spiro atoms. The topological polar surface area (TPSA) is 54.9 Å². The van der Waals surface area contributed by atoms with Crippen LogP contribution in [0.3, 0.4) is 0 Å². The molecule has 144 valence electrons. The molecule has 0 saturated carbocycles. The van der Waals surface area contributed by atoms with Crippen molar-refractivity contribution in [3.8, 4) is 0 Å². The van der Waals surface area contributed by atoms with Gasteiger partial charge in [-0.05, 0) is 42.5 Å². The number of fused-ring (bicyclic) bond motifs is 1. The second-order valence-corrected chi connectivity index (χ2v) is 8.60. The van der Waals surface area contributed by atoms with Gasteiger partial charge in [-0.15, -0.1) is 0 Å². The summed E-state index contributed by atoms with van der Waals surface area (Å²) in [5, 5.41) is 5.46. The molecule has 1 N–H and O–H groups in total. The quantitative estimate of drug-likeness (QED) is 0.289. The zero-order chi connectivity index (χ0) is 20.1. The Labute approximate surface area is 182 Å². The van der Waals surface area contributed by atoms with E-state index in [1.807, 2.05) is 72.8 Å². The molecule has 0 bridgehead atoms. The molecular weight excluding hydrogens is 422 g/mol. The lowest BCUT2D eigenvalue weighted by atomic mass is 10.2. The van der Waals surface area contributed by atoms with Gasteiger partial charge in [-0.25, -0.2) is 9.97 Å². The monoisotopic (exact) mass is 437 g/mol. The van der Waals surface area contributed by atoms with Gasteiger partial charge in [-0.3, -0.25) is 4.79 Å². The van der Waals surface area contributed by atoms with E-state index in [9.17, 15) is 4.79 Å². The first-order valence-corrected chi connectivity index (χ1v) is 11.0. The fraction of sp³-hybridized carbons (Fsp3) is 0.0455. The first kappa shape index (κ1) is 19.8. The van der Waals surface area contributed by atoms with E-state index in [2.05, 4.69) is 15.3 Å². The standard InChI is InChI=1S/C22H16ClN3OS2/c23-15-9-11-16(12-10-15)29-20-8-4-3-7-19(20)26-21(27)13-28-22-17-5-1-2-6-18(17)24-14-25-22/h1-12,14H,13H2,(H,26,27). The third-order valence-corrected chi connectivity index (χ3v) is 6.39. The number of anilines is 1. The summed E-state index contributed by atoms with van der Waals surface area (Å²) in [5.74, 6) is 0.183. The molecule has 1 heterocycles. The van der Waals surface area contributed by atoms with E-state index in [1.54, 1.807) is 11.8 Å². The smallest absolute Gasteiger partial charge is 0.234 e. The highest BCUT2D eigenvalue weighted by Gasteiger charge is 2.11. The summed E-state index contributed by atoms with van der Waals surface area (Å²) in [5.41, 5.74) is 1.65. The van der Waals surface area contributed by atoms with Crippen LogP contribution in [0.15, 0.2) is 93.9 Å². The lowest BCUT2D eigenvalue weighted by Gasteiger charge is -2.11. The summed E-state index contributed by atoms with van der Waals surface area (Å²) in [6.07, 6.45) is 1.53. The Morgan fingerprint density at radius 1 is 0.931 bits per heavy atom. The van der Waals surface area contributed by atoms with Crippen LogP contribution < -0.4 is 5.32 Å². The summed E-state index contributed by atoms with van der Waals surface area (Å²) in [6, 6.07) is 23.2. The SMILES string of the molecule is O=C(CSc1ncnc2ccccc12)Nc1ccccc1Sc1ccc(Cl)cc1. The maximum atomic E-state index is 12.6. The molecule has 4 rings (SSSR count). The molecule has 29 heavy (non-hydrogen) atoms. The number of hydrogen-bond acceptors (Lipinski definition) is 5. The zero-order valence-corrected chi connectivity index (χ0v) is 17.6. The highest BCUT2D eigenvalue weighted by molar-refractivity contribution is 8.00. The van der Waals surface area contributed by atoms with Gasteiger partial charge < -0.3 is 5.32 Å². The lowest BCUT2D eigenvalue weighted by molar-refractivity contribution is -0.113. The maximum Gasteiger partial charge on any atom is 0.234 e. The van der Waals surface area contributed by atoms with Crippen LogP contribution in [0.2, 0.25) is 5.02 Å². The lowest BCUT2D eigenvalue weighted by Crippen LogP contribution is -2.14. The van der Waals surface area contributed by atoms with Crippen LogP contribution >= 0.6 is 35.1 Å². The van der Waals surface area contributed by atoms with Crippen LogP contribution in [0.5, 0.6) is 0 Å². The molecule has 0 fully saturated rings. The van der Waals surface area contributed by atoms with Crippen molar-refractivity contribution in [2.75, 3.05) is 11.1 Å². The number of rotatable bonds is 6. The molecule has 7 heteroatoms. The van der Waals surface area contributed by atoms with Crippen molar-refractivity contribution in [2.24, 2.45) is 0 Å². The van der Waals surface area contributed by atoms with Crippen molar-refractivity contribution >= 4 is 57.6 Å². The van der Waals surface area contributed by atoms with E-state index >= 15 is 0 Å². The van der Waals surface area contributed by atoms with Crippen LogP contribution in [0, 0.1) is 0 Å². The first-order chi connectivity index (χ1) is 14.2. The number of aromatic nitrogens is 2. The number of amides is 1.